The maximum atomic E-state index is 10.9. The molecule has 10 heavy (non-hydrogen) atoms. The summed E-state index contributed by atoms with van der Waals surface area (Å²) in [6, 6.07) is 0. The van der Waals surface area contributed by atoms with E-state index in [2.05, 4.69) is 5.92 Å². The van der Waals surface area contributed by atoms with Crippen LogP contribution >= 0.6 is 0 Å². The maximum absolute atomic E-state index is 10.9. The van der Waals surface area contributed by atoms with Gasteiger partial charge in [0.05, 0.1) is 12.5 Å². The van der Waals surface area contributed by atoms with Gasteiger partial charge in [-0.15, -0.1) is 12.3 Å². The molecule has 1 aliphatic rings. The zero-order chi connectivity index (χ0) is 7.56. The summed E-state index contributed by atoms with van der Waals surface area (Å²) < 4.78 is 4.76. The van der Waals surface area contributed by atoms with Gasteiger partial charge in [-0.25, -0.2) is 0 Å². The van der Waals surface area contributed by atoms with Crippen molar-refractivity contribution in [2.45, 2.75) is 13.3 Å². The molecule has 2 heteroatoms. The van der Waals surface area contributed by atoms with Gasteiger partial charge < -0.3 is 4.74 Å². The number of carbonyl (C=O) groups excluding carboxylic acids is 1. The topological polar surface area (TPSA) is 26.3 Å². The first-order chi connectivity index (χ1) is 4.79. The van der Waals surface area contributed by atoms with E-state index >= 15 is 0 Å². The zero-order valence-electron chi connectivity index (χ0n) is 5.96. The van der Waals surface area contributed by atoms with Crippen molar-refractivity contribution in [2.24, 2.45) is 11.8 Å². The normalized spacial score (nSPS) is 28.8. The van der Waals surface area contributed by atoms with Crippen molar-refractivity contribution >= 4 is 5.97 Å². The predicted molar refractivity (Wildman–Crippen MR) is 37.1 cm³/mol. The van der Waals surface area contributed by atoms with Crippen molar-refractivity contribution in [3.05, 3.63) is 0 Å². The SMILES string of the molecule is C#C[C@H]1C[C@H]1C(=O)OCC. The molecular formula is C8H10O2. The van der Waals surface area contributed by atoms with Crippen LogP contribution in [0.1, 0.15) is 13.3 Å². The number of terminal acetylenes is 1. The number of hydrogen-bond donors (Lipinski definition) is 0. The van der Waals surface area contributed by atoms with E-state index in [0.29, 0.717) is 6.61 Å². The number of ether oxygens (including phenoxy) is 1. The maximum Gasteiger partial charge on any atom is 0.310 e. The Hall–Kier alpha value is -0.970. The number of rotatable bonds is 2. The Morgan fingerprint density at radius 3 is 3.00 bits per heavy atom. The molecule has 1 aliphatic carbocycles. The minimum atomic E-state index is -0.134. The van der Waals surface area contributed by atoms with E-state index in [1.165, 1.54) is 0 Å². The molecule has 1 rings (SSSR count). The summed E-state index contributed by atoms with van der Waals surface area (Å²) in [5.74, 6) is 2.55. The monoisotopic (exact) mass is 138 g/mol. The predicted octanol–water partition coefficient (Wildman–Crippen LogP) is 0.819. The lowest BCUT2D eigenvalue weighted by Gasteiger charge is -1.96. The Balaban J connectivity index is 2.27. The molecule has 0 aliphatic heterocycles. The molecule has 2 atom stereocenters. The standard InChI is InChI=1S/C8H10O2/c1-3-6-5-7(6)8(9)10-4-2/h1,6-7H,4-5H2,2H3/t6-,7+/m0/s1. The molecule has 0 amide bonds. The second-order valence-electron chi connectivity index (χ2n) is 2.37. The highest BCUT2D eigenvalue weighted by Gasteiger charge is 2.42. The summed E-state index contributed by atoms with van der Waals surface area (Å²) in [6.45, 7) is 2.25. The van der Waals surface area contributed by atoms with Crippen LogP contribution in [0, 0.1) is 24.2 Å². The third kappa shape index (κ3) is 1.30. The molecule has 1 fully saturated rings. The average Bonchev–Trinajstić information content (AvgIpc) is 2.66. The lowest BCUT2D eigenvalue weighted by atomic mass is 10.3. The van der Waals surface area contributed by atoms with E-state index in [1.807, 2.05) is 0 Å². The van der Waals surface area contributed by atoms with Crippen LogP contribution in [0.3, 0.4) is 0 Å². The zero-order valence-corrected chi connectivity index (χ0v) is 5.96. The van der Waals surface area contributed by atoms with Crippen LogP contribution in [0.25, 0.3) is 0 Å². The van der Waals surface area contributed by atoms with Crippen molar-refractivity contribution in [1.29, 1.82) is 0 Å². The third-order valence-corrected chi connectivity index (χ3v) is 1.59. The van der Waals surface area contributed by atoms with Gasteiger partial charge in [0.15, 0.2) is 0 Å². The third-order valence-electron chi connectivity index (χ3n) is 1.59. The molecule has 1 saturated carbocycles. The molecule has 0 radical (unpaired) electrons. The summed E-state index contributed by atoms with van der Waals surface area (Å²) in [5, 5.41) is 0. The fourth-order valence-corrected chi connectivity index (χ4v) is 0.889. The van der Waals surface area contributed by atoms with Gasteiger partial charge in [-0.1, -0.05) is 0 Å². The second-order valence-corrected chi connectivity index (χ2v) is 2.37. The van der Waals surface area contributed by atoms with Crippen molar-refractivity contribution in [3.63, 3.8) is 0 Å². The number of hydrogen-bond acceptors (Lipinski definition) is 2. The largest absolute Gasteiger partial charge is 0.466 e. The smallest absolute Gasteiger partial charge is 0.310 e. The van der Waals surface area contributed by atoms with Crippen LogP contribution in [-0.4, -0.2) is 12.6 Å². The van der Waals surface area contributed by atoms with Crippen LogP contribution in [0.4, 0.5) is 0 Å². The Bertz CT molecular complexity index is 178. The van der Waals surface area contributed by atoms with Gasteiger partial charge in [-0.2, -0.15) is 0 Å². The lowest BCUT2D eigenvalue weighted by molar-refractivity contribution is -0.144. The van der Waals surface area contributed by atoms with Crippen molar-refractivity contribution in [2.75, 3.05) is 6.61 Å². The summed E-state index contributed by atoms with van der Waals surface area (Å²) in [4.78, 5) is 10.9. The molecule has 0 spiro atoms. The van der Waals surface area contributed by atoms with Crippen LogP contribution in [0.5, 0.6) is 0 Å². The Kier molecular flexibility index (Phi) is 1.96. The summed E-state index contributed by atoms with van der Waals surface area (Å²) in [7, 11) is 0. The fraction of sp³-hybridized carbons (Fsp3) is 0.625. The Morgan fingerprint density at radius 2 is 2.60 bits per heavy atom. The van der Waals surface area contributed by atoms with Gasteiger partial charge in [0, 0.05) is 5.92 Å². The first-order valence-corrected chi connectivity index (χ1v) is 3.42. The fourth-order valence-electron chi connectivity index (χ4n) is 0.889. The van der Waals surface area contributed by atoms with Crippen molar-refractivity contribution in [1.82, 2.24) is 0 Å². The highest BCUT2D eigenvalue weighted by Crippen LogP contribution is 2.38. The Labute approximate surface area is 60.6 Å². The van der Waals surface area contributed by atoms with Gasteiger partial charge in [0.1, 0.15) is 0 Å². The molecule has 0 aromatic rings. The van der Waals surface area contributed by atoms with Gasteiger partial charge in [-0.3, -0.25) is 4.79 Å². The van der Waals surface area contributed by atoms with Crippen LogP contribution in [0.15, 0.2) is 0 Å². The van der Waals surface area contributed by atoms with E-state index in [-0.39, 0.29) is 17.8 Å². The van der Waals surface area contributed by atoms with Gasteiger partial charge in [0.2, 0.25) is 0 Å². The molecule has 0 N–H and O–H groups in total. The summed E-state index contributed by atoms with van der Waals surface area (Å²) >= 11 is 0. The highest BCUT2D eigenvalue weighted by molar-refractivity contribution is 5.76. The molecule has 0 unspecified atom stereocenters. The van der Waals surface area contributed by atoms with Gasteiger partial charge in [0.25, 0.3) is 0 Å². The van der Waals surface area contributed by atoms with E-state index in [1.54, 1.807) is 6.92 Å². The summed E-state index contributed by atoms with van der Waals surface area (Å²) in [6.07, 6.45) is 5.92. The quantitative estimate of drug-likeness (QED) is 0.417. The number of esters is 1. The van der Waals surface area contributed by atoms with Crippen molar-refractivity contribution < 1.29 is 9.53 Å². The first-order valence-electron chi connectivity index (χ1n) is 3.42. The van der Waals surface area contributed by atoms with E-state index in [9.17, 15) is 4.79 Å². The van der Waals surface area contributed by atoms with E-state index in [4.69, 9.17) is 11.2 Å². The first kappa shape index (κ1) is 7.14. The molecule has 2 nitrogen and oxygen atoms in total. The summed E-state index contributed by atoms with van der Waals surface area (Å²) in [5.41, 5.74) is 0. The van der Waals surface area contributed by atoms with Crippen LogP contribution in [-0.2, 0) is 9.53 Å². The number of carbonyl (C=O) groups is 1. The van der Waals surface area contributed by atoms with Gasteiger partial charge >= 0.3 is 5.97 Å². The van der Waals surface area contributed by atoms with Crippen LogP contribution in [0.2, 0.25) is 0 Å². The Morgan fingerprint density at radius 1 is 1.90 bits per heavy atom. The average molecular weight is 138 g/mol. The molecule has 0 heterocycles. The highest BCUT2D eigenvalue weighted by atomic mass is 16.5. The van der Waals surface area contributed by atoms with Gasteiger partial charge in [-0.05, 0) is 13.3 Å². The molecule has 54 valence electrons. The molecule has 0 bridgehead atoms. The minimum Gasteiger partial charge on any atom is -0.466 e. The second kappa shape index (κ2) is 2.74. The molecule has 0 saturated heterocycles. The molecular weight excluding hydrogens is 128 g/mol. The van der Waals surface area contributed by atoms with Crippen LogP contribution < -0.4 is 0 Å². The van der Waals surface area contributed by atoms with E-state index in [0.717, 1.165) is 6.42 Å². The molecule has 0 aromatic heterocycles. The van der Waals surface area contributed by atoms with E-state index < -0.39 is 0 Å². The minimum absolute atomic E-state index is 0.00458. The lowest BCUT2D eigenvalue weighted by Crippen LogP contribution is -2.06. The molecule has 0 aromatic carbocycles. The van der Waals surface area contributed by atoms with Crippen molar-refractivity contribution in [3.8, 4) is 12.3 Å².